The number of hydrogen-bond acceptors (Lipinski definition) is 7. The summed E-state index contributed by atoms with van der Waals surface area (Å²) in [6.45, 7) is 4.77. The van der Waals surface area contributed by atoms with Crippen LogP contribution in [0.4, 0.5) is 17.6 Å². The third-order valence-electron chi connectivity index (χ3n) is 4.81. The van der Waals surface area contributed by atoms with Crippen LogP contribution in [0.3, 0.4) is 0 Å². The third-order valence-corrected chi connectivity index (χ3v) is 4.81. The minimum absolute atomic E-state index is 0.340. The third kappa shape index (κ3) is 3.32. The number of methoxy groups -OCH3 is 1. The molecule has 1 aliphatic heterocycles. The monoisotopic (exact) mass is 353 g/mol. The molecule has 4 rings (SSSR count). The van der Waals surface area contributed by atoms with Gasteiger partial charge in [-0.3, -0.25) is 0 Å². The molecule has 0 radical (unpaired) electrons. The van der Waals surface area contributed by atoms with Crippen LogP contribution in [0.25, 0.3) is 11.0 Å². The molecule has 0 saturated carbocycles. The van der Waals surface area contributed by atoms with Gasteiger partial charge in [0.1, 0.15) is 17.2 Å². The number of aromatic nitrogens is 5. The van der Waals surface area contributed by atoms with Gasteiger partial charge in [0.15, 0.2) is 0 Å². The molecule has 0 aliphatic carbocycles. The molecule has 8 heteroatoms. The second-order valence-corrected chi connectivity index (χ2v) is 6.38. The van der Waals surface area contributed by atoms with Crippen molar-refractivity contribution in [3.8, 4) is 0 Å². The molecule has 3 aromatic rings. The second kappa shape index (κ2) is 7.25. The highest BCUT2D eigenvalue weighted by atomic mass is 16.5. The molecule has 0 spiro atoms. The highest BCUT2D eigenvalue weighted by Crippen LogP contribution is 2.21. The molecule has 8 nitrogen and oxygen atoms in total. The van der Waals surface area contributed by atoms with Gasteiger partial charge >= 0.3 is 0 Å². The van der Waals surface area contributed by atoms with Crippen molar-refractivity contribution < 1.29 is 4.74 Å². The van der Waals surface area contributed by atoms with Gasteiger partial charge in [-0.1, -0.05) is 0 Å². The number of nitrogens with one attached hydrogen (secondary N) is 1. The molecular weight excluding hydrogens is 330 g/mol. The van der Waals surface area contributed by atoms with Gasteiger partial charge in [-0.2, -0.15) is 4.98 Å². The van der Waals surface area contributed by atoms with Gasteiger partial charge in [0.05, 0.1) is 24.1 Å². The Morgan fingerprint density at radius 2 is 2.04 bits per heavy atom. The predicted octanol–water partition coefficient (Wildman–Crippen LogP) is 2.60. The number of anilines is 3. The first kappa shape index (κ1) is 16.7. The molecule has 0 aromatic carbocycles. The first-order valence-corrected chi connectivity index (χ1v) is 8.95. The van der Waals surface area contributed by atoms with E-state index in [4.69, 9.17) is 4.74 Å². The summed E-state index contributed by atoms with van der Waals surface area (Å²) in [6.07, 6.45) is 7.73. The summed E-state index contributed by atoms with van der Waals surface area (Å²) in [5.41, 5.74) is 1.95. The number of imidazole rings is 1. The molecule has 0 amide bonds. The van der Waals surface area contributed by atoms with Crippen molar-refractivity contribution in [2.45, 2.75) is 32.4 Å². The first-order chi connectivity index (χ1) is 12.8. The fourth-order valence-corrected chi connectivity index (χ4v) is 3.27. The highest BCUT2D eigenvalue weighted by Gasteiger charge is 2.20. The Balaban J connectivity index is 1.52. The van der Waals surface area contributed by atoms with Crippen LogP contribution in [-0.2, 0) is 11.3 Å². The molecule has 1 aliphatic rings. The van der Waals surface area contributed by atoms with Gasteiger partial charge < -0.3 is 19.5 Å². The topological polar surface area (TPSA) is 81.0 Å². The molecule has 0 bridgehead atoms. The summed E-state index contributed by atoms with van der Waals surface area (Å²) >= 11 is 0. The SMILES string of the molecule is CCn1cnc2cnc(Nc3ccnc(N4CCC(OC)CC4)n3)cc21. The second-order valence-electron chi connectivity index (χ2n) is 6.38. The number of rotatable bonds is 5. The van der Waals surface area contributed by atoms with Gasteiger partial charge in [0.25, 0.3) is 0 Å². The lowest BCUT2D eigenvalue weighted by atomic mass is 10.1. The summed E-state index contributed by atoms with van der Waals surface area (Å²) in [6, 6.07) is 3.85. The van der Waals surface area contributed by atoms with E-state index in [1.54, 1.807) is 19.5 Å². The number of ether oxygens (including phenoxy) is 1. The summed E-state index contributed by atoms with van der Waals surface area (Å²) < 4.78 is 7.52. The molecular formula is C18H23N7O. The number of fused-ring (bicyclic) bond motifs is 1. The Hall–Kier alpha value is -2.74. The lowest BCUT2D eigenvalue weighted by Gasteiger charge is -2.31. The van der Waals surface area contributed by atoms with Gasteiger partial charge in [-0.25, -0.2) is 15.0 Å². The number of aryl methyl sites for hydroxylation is 1. The Morgan fingerprint density at radius 1 is 1.19 bits per heavy atom. The minimum Gasteiger partial charge on any atom is -0.381 e. The van der Waals surface area contributed by atoms with Crippen molar-refractivity contribution in [2.24, 2.45) is 0 Å². The summed E-state index contributed by atoms with van der Waals surface area (Å²) in [5, 5.41) is 3.28. The molecule has 136 valence electrons. The standard InChI is InChI=1S/C18H23N7O/c1-3-24-12-21-14-11-20-17(10-15(14)24)22-16-4-7-19-18(23-16)25-8-5-13(26-2)6-9-25/h4,7,10-13H,3,5-6,8-9H2,1-2H3,(H,19,20,22,23). The molecule has 4 heterocycles. The van der Waals surface area contributed by atoms with Crippen molar-refractivity contribution in [3.05, 3.63) is 30.9 Å². The molecule has 1 saturated heterocycles. The average molecular weight is 353 g/mol. The Labute approximate surface area is 152 Å². The smallest absolute Gasteiger partial charge is 0.227 e. The van der Waals surface area contributed by atoms with E-state index in [1.807, 2.05) is 18.5 Å². The molecule has 1 fully saturated rings. The van der Waals surface area contributed by atoms with Crippen LogP contribution in [0.2, 0.25) is 0 Å². The van der Waals surface area contributed by atoms with Crippen LogP contribution in [0, 0.1) is 0 Å². The Kier molecular flexibility index (Phi) is 4.66. The maximum Gasteiger partial charge on any atom is 0.227 e. The molecule has 3 aromatic heterocycles. The van der Waals surface area contributed by atoms with Crippen molar-refractivity contribution in [1.29, 1.82) is 0 Å². The quantitative estimate of drug-likeness (QED) is 0.755. The van der Waals surface area contributed by atoms with E-state index in [9.17, 15) is 0 Å². The fraction of sp³-hybridized carbons (Fsp3) is 0.444. The van der Waals surface area contributed by atoms with Gasteiger partial charge in [-0.15, -0.1) is 0 Å². The number of piperidine rings is 1. The Bertz CT molecular complexity index is 886. The fourth-order valence-electron chi connectivity index (χ4n) is 3.27. The van der Waals surface area contributed by atoms with Crippen LogP contribution < -0.4 is 10.2 Å². The minimum atomic E-state index is 0.340. The van der Waals surface area contributed by atoms with Crippen molar-refractivity contribution >= 4 is 28.6 Å². The summed E-state index contributed by atoms with van der Waals surface area (Å²) in [4.78, 5) is 20.1. The Morgan fingerprint density at radius 3 is 2.81 bits per heavy atom. The van der Waals surface area contributed by atoms with E-state index in [2.05, 4.69) is 41.6 Å². The van der Waals surface area contributed by atoms with E-state index >= 15 is 0 Å². The number of pyridine rings is 1. The van der Waals surface area contributed by atoms with E-state index in [1.165, 1.54) is 0 Å². The van der Waals surface area contributed by atoms with E-state index in [0.29, 0.717) is 6.10 Å². The van der Waals surface area contributed by atoms with E-state index in [-0.39, 0.29) is 0 Å². The highest BCUT2D eigenvalue weighted by molar-refractivity contribution is 5.78. The zero-order valence-corrected chi connectivity index (χ0v) is 15.1. The lowest BCUT2D eigenvalue weighted by Crippen LogP contribution is -2.37. The predicted molar refractivity (Wildman–Crippen MR) is 101 cm³/mol. The van der Waals surface area contributed by atoms with E-state index < -0.39 is 0 Å². The average Bonchev–Trinajstić information content (AvgIpc) is 3.10. The largest absolute Gasteiger partial charge is 0.381 e. The lowest BCUT2D eigenvalue weighted by molar-refractivity contribution is 0.0816. The van der Waals surface area contributed by atoms with Crippen LogP contribution in [0.1, 0.15) is 19.8 Å². The summed E-state index contributed by atoms with van der Waals surface area (Å²) in [7, 11) is 1.77. The van der Waals surface area contributed by atoms with Crippen LogP contribution in [0.5, 0.6) is 0 Å². The molecule has 0 unspecified atom stereocenters. The molecule has 26 heavy (non-hydrogen) atoms. The van der Waals surface area contributed by atoms with Gasteiger partial charge in [0.2, 0.25) is 5.95 Å². The molecule has 0 atom stereocenters. The zero-order valence-electron chi connectivity index (χ0n) is 15.1. The van der Waals surface area contributed by atoms with Crippen molar-refractivity contribution in [3.63, 3.8) is 0 Å². The number of nitrogens with zero attached hydrogens (tertiary/aromatic N) is 6. The van der Waals surface area contributed by atoms with E-state index in [0.717, 1.165) is 61.1 Å². The molecule has 1 N–H and O–H groups in total. The maximum atomic E-state index is 5.43. The van der Waals surface area contributed by atoms with Crippen LogP contribution in [-0.4, -0.2) is 50.8 Å². The number of hydrogen-bond donors (Lipinski definition) is 1. The summed E-state index contributed by atoms with van der Waals surface area (Å²) in [5.74, 6) is 2.22. The normalized spacial score (nSPS) is 15.5. The maximum absolute atomic E-state index is 5.43. The van der Waals surface area contributed by atoms with Gasteiger partial charge in [0, 0.05) is 39.0 Å². The van der Waals surface area contributed by atoms with Crippen LogP contribution >= 0.6 is 0 Å². The zero-order chi connectivity index (χ0) is 17.9. The van der Waals surface area contributed by atoms with Gasteiger partial charge in [-0.05, 0) is 25.8 Å². The van der Waals surface area contributed by atoms with Crippen LogP contribution in [0.15, 0.2) is 30.9 Å². The first-order valence-electron chi connectivity index (χ1n) is 8.95. The van der Waals surface area contributed by atoms with Crippen molar-refractivity contribution in [2.75, 3.05) is 30.4 Å². The van der Waals surface area contributed by atoms with Crippen molar-refractivity contribution in [1.82, 2.24) is 24.5 Å².